The fraction of sp³-hybridized carbons (Fsp3) is 0.429. The van der Waals surface area contributed by atoms with E-state index in [-0.39, 0.29) is 16.7 Å². The molecule has 22 heavy (non-hydrogen) atoms. The number of nitrogens with zero attached hydrogens (tertiary/aromatic N) is 1. The van der Waals surface area contributed by atoms with E-state index in [4.69, 9.17) is 12.2 Å². The van der Waals surface area contributed by atoms with Crippen molar-refractivity contribution in [2.75, 3.05) is 5.32 Å². The van der Waals surface area contributed by atoms with Gasteiger partial charge in [-0.15, -0.1) is 0 Å². The smallest absolute Gasteiger partial charge is 0.270 e. The van der Waals surface area contributed by atoms with E-state index >= 15 is 0 Å². The summed E-state index contributed by atoms with van der Waals surface area (Å²) in [5, 5.41) is 16.4. The molecule has 0 unspecified atom stereocenters. The van der Waals surface area contributed by atoms with Gasteiger partial charge in [-0.25, -0.2) is 0 Å². The van der Waals surface area contributed by atoms with Gasteiger partial charge in [-0.05, 0) is 53.0 Å². The third kappa shape index (κ3) is 4.74. The van der Waals surface area contributed by atoms with Crippen molar-refractivity contribution in [1.82, 2.24) is 5.32 Å². The third-order valence-corrected chi connectivity index (χ3v) is 4.47. The van der Waals surface area contributed by atoms with Crippen LogP contribution in [-0.4, -0.2) is 15.9 Å². The first-order chi connectivity index (χ1) is 10.5. The third-order valence-electron chi connectivity index (χ3n) is 3.61. The fourth-order valence-electron chi connectivity index (χ4n) is 2.53. The van der Waals surface area contributed by atoms with Crippen LogP contribution in [0.4, 0.5) is 11.4 Å². The molecule has 0 heterocycles. The van der Waals surface area contributed by atoms with Crippen LogP contribution in [0.1, 0.15) is 32.1 Å². The molecule has 1 saturated carbocycles. The second-order valence-corrected chi connectivity index (χ2v) is 6.54. The van der Waals surface area contributed by atoms with Gasteiger partial charge in [0, 0.05) is 23.0 Å². The highest BCUT2D eigenvalue weighted by Crippen LogP contribution is 2.28. The molecule has 1 fully saturated rings. The van der Waals surface area contributed by atoms with Crippen LogP contribution in [0.3, 0.4) is 0 Å². The van der Waals surface area contributed by atoms with Gasteiger partial charge in [0.2, 0.25) is 5.91 Å². The summed E-state index contributed by atoms with van der Waals surface area (Å²) in [6.45, 7) is 0. The van der Waals surface area contributed by atoms with Crippen LogP contribution in [0.25, 0.3) is 0 Å². The van der Waals surface area contributed by atoms with E-state index in [0.717, 1.165) is 12.8 Å². The topological polar surface area (TPSA) is 84.3 Å². The molecule has 1 aromatic rings. The zero-order valence-corrected chi connectivity index (χ0v) is 14.2. The number of anilines is 1. The molecule has 0 saturated heterocycles. The molecule has 0 aliphatic heterocycles. The predicted octanol–water partition coefficient (Wildman–Crippen LogP) is 3.75. The number of nitro groups is 1. The van der Waals surface area contributed by atoms with E-state index in [0.29, 0.717) is 22.5 Å². The molecule has 0 radical (unpaired) electrons. The van der Waals surface area contributed by atoms with Gasteiger partial charge in [0.05, 0.1) is 10.6 Å². The maximum Gasteiger partial charge on any atom is 0.270 e. The average Bonchev–Trinajstić information content (AvgIpc) is 2.93. The van der Waals surface area contributed by atoms with Gasteiger partial charge in [0.1, 0.15) is 0 Å². The summed E-state index contributed by atoms with van der Waals surface area (Å²) in [6.07, 6.45) is 5.07. The molecule has 118 valence electrons. The molecule has 1 amide bonds. The molecule has 1 aliphatic rings. The monoisotopic (exact) mass is 385 g/mol. The van der Waals surface area contributed by atoms with Crippen LogP contribution >= 0.6 is 28.1 Å². The van der Waals surface area contributed by atoms with Crippen LogP contribution in [0.2, 0.25) is 0 Å². The Morgan fingerprint density at radius 3 is 2.68 bits per heavy atom. The highest BCUT2D eigenvalue weighted by atomic mass is 79.9. The Kier molecular flexibility index (Phi) is 5.84. The van der Waals surface area contributed by atoms with Crippen LogP contribution in [0, 0.1) is 16.0 Å². The van der Waals surface area contributed by atoms with Crippen LogP contribution < -0.4 is 10.6 Å². The van der Waals surface area contributed by atoms with Crippen molar-refractivity contribution >= 4 is 50.5 Å². The Hall–Kier alpha value is -1.54. The lowest BCUT2D eigenvalue weighted by molar-refractivity contribution is -0.384. The maximum absolute atomic E-state index is 11.9. The first-order valence-electron chi connectivity index (χ1n) is 7.00. The van der Waals surface area contributed by atoms with E-state index in [9.17, 15) is 14.9 Å². The van der Waals surface area contributed by atoms with Gasteiger partial charge in [0.25, 0.3) is 5.69 Å². The zero-order valence-electron chi connectivity index (χ0n) is 11.8. The van der Waals surface area contributed by atoms with Crippen LogP contribution in [0.5, 0.6) is 0 Å². The van der Waals surface area contributed by atoms with E-state index in [1.807, 2.05) is 0 Å². The summed E-state index contributed by atoms with van der Waals surface area (Å²) >= 11 is 8.34. The number of halogens is 1. The number of rotatable bonds is 4. The van der Waals surface area contributed by atoms with E-state index in [1.54, 1.807) is 0 Å². The Morgan fingerprint density at radius 1 is 1.41 bits per heavy atom. The minimum absolute atomic E-state index is 0.0198. The van der Waals surface area contributed by atoms with Gasteiger partial charge >= 0.3 is 0 Å². The Labute approximate surface area is 141 Å². The van der Waals surface area contributed by atoms with Crippen LogP contribution in [-0.2, 0) is 4.79 Å². The van der Waals surface area contributed by atoms with E-state index < -0.39 is 4.92 Å². The van der Waals surface area contributed by atoms with Crippen molar-refractivity contribution in [3.63, 3.8) is 0 Å². The summed E-state index contributed by atoms with van der Waals surface area (Å²) in [5.74, 6) is 0.358. The lowest BCUT2D eigenvalue weighted by atomic mass is 10.0. The molecule has 0 bridgehead atoms. The minimum atomic E-state index is -0.476. The molecule has 6 nitrogen and oxygen atoms in total. The first kappa shape index (κ1) is 16.8. The Balaban J connectivity index is 1.88. The van der Waals surface area contributed by atoms with E-state index in [2.05, 4.69) is 26.6 Å². The summed E-state index contributed by atoms with van der Waals surface area (Å²) in [5.41, 5.74) is 0.547. The van der Waals surface area contributed by atoms with Crippen molar-refractivity contribution in [1.29, 1.82) is 0 Å². The normalized spacial score (nSPS) is 14.6. The molecule has 2 rings (SSSR count). The number of hydrogen-bond acceptors (Lipinski definition) is 4. The van der Waals surface area contributed by atoms with Gasteiger partial charge in [0.15, 0.2) is 5.11 Å². The van der Waals surface area contributed by atoms with Crippen molar-refractivity contribution in [2.24, 2.45) is 5.92 Å². The molecule has 0 aromatic heterocycles. The first-order valence-corrected chi connectivity index (χ1v) is 8.20. The lowest BCUT2D eigenvalue weighted by Gasteiger charge is -2.12. The molecule has 0 spiro atoms. The molecule has 1 aromatic carbocycles. The quantitative estimate of drug-likeness (QED) is 0.468. The number of benzene rings is 1. The van der Waals surface area contributed by atoms with Crippen molar-refractivity contribution in [3.8, 4) is 0 Å². The number of non-ortho nitro benzene ring substituents is 1. The number of amides is 1. The number of hydrogen-bond donors (Lipinski definition) is 2. The predicted molar refractivity (Wildman–Crippen MR) is 91.7 cm³/mol. The second-order valence-electron chi connectivity index (χ2n) is 5.28. The maximum atomic E-state index is 11.9. The average molecular weight is 386 g/mol. The molecule has 0 atom stereocenters. The highest BCUT2D eigenvalue weighted by molar-refractivity contribution is 9.10. The SMILES string of the molecule is O=C(CC1CCCC1)NC(=S)Nc1ccc([N+](=O)[O-])cc1Br. The van der Waals surface area contributed by atoms with Gasteiger partial charge < -0.3 is 10.6 Å². The summed E-state index contributed by atoms with van der Waals surface area (Å²) in [6, 6.07) is 4.29. The van der Waals surface area contributed by atoms with Crippen molar-refractivity contribution in [2.45, 2.75) is 32.1 Å². The van der Waals surface area contributed by atoms with Gasteiger partial charge in [-0.3, -0.25) is 14.9 Å². The van der Waals surface area contributed by atoms with Gasteiger partial charge in [-0.2, -0.15) is 0 Å². The summed E-state index contributed by atoms with van der Waals surface area (Å²) < 4.78 is 0.508. The number of thiocarbonyl (C=S) groups is 1. The largest absolute Gasteiger partial charge is 0.331 e. The van der Waals surface area contributed by atoms with Crippen LogP contribution in [0.15, 0.2) is 22.7 Å². The number of carbonyl (C=O) groups excluding carboxylic acids is 1. The minimum Gasteiger partial charge on any atom is -0.331 e. The molecule has 8 heteroatoms. The standard InChI is InChI=1S/C14H16BrN3O3S/c15-11-8-10(18(20)21)5-6-12(11)16-14(22)17-13(19)7-9-3-1-2-4-9/h5-6,8-9H,1-4,7H2,(H2,16,17,19,22). The number of nitrogens with one attached hydrogen (secondary N) is 2. The summed E-state index contributed by atoms with van der Waals surface area (Å²) in [4.78, 5) is 22.1. The van der Waals surface area contributed by atoms with Crippen molar-refractivity contribution in [3.05, 3.63) is 32.8 Å². The second kappa shape index (κ2) is 7.64. The molecule has 2 N–H and O–H groups in total. The molecule has 1 aliphatic carbocycles. The van der Waals surface area contributed by atoms with Crippen molar-refractivity contribution < 1.29 is 9.72 Å². The highest BCUT2D eigenvalue weighted by Gasteiger charge is 2.19. The fourth-order valence-corrected chi connectivity index (χ4v) is 3.22. The number of nitro benzene ring substituents is 1. The molecular weight excluding hydrogens is 370 g/mol. The summed E-state index contributed by atoms with van der Waals surface area (Å²) in [7, 11) is 0. The lowest BCUT2D eigenvalue weighted by Crippen LogP contribution is -2.35. The van der Waals surface area contributed by atoms with E-state index in [1.165, 1.54) is 31.0 Å². The zero-order chi connectivity index (χ0) is 16.1. The Bertz CT molecular complexity index is 603. The molecular formula is C14H16BrN3O3S. The number of carbonyl (C=O) groups is 1. The Morgan fingerprint density at radius 2 is 2.09 bits per heavy atom. The van der Waals surface area contributed by atoms with Gasteiger partial charge in [-0.1, -0.05) is 12.8 Å².